The fraction of sp³-hybridized carbons (Fsp3) is 0.136. The minimum atomic E-state index is -1.51. The molecule has 2 heterocycles. The number of fused-ring (bicyclic) bond motifs is 1. The number of amides is 4. The van der Waals surface area contributed by atoms with Crippen LogP contribution in [0.4, 0.5) is 9.18 Å². The molecule has 2 aromatic rings. The van der Waals surface area contributed by atoms with Crippen molar-refractivity contribution in [3.8, 4) is 11.1 Å². The lowest BCUT2D eigenvalue weighted by molar-refractivity contribution is -0.136. The summed E-state index contributed by atoms with van der Waals surface area (Å²) in [6.07, 6.45) is 4.87. The third-order valence-electron chi connectivity index (χ3n) is 5.18. The number of hydrogen-bond donors (Lipinski definition) is 2. The zero-order valence-electron chi connectivity index (χ0n) is 15.6. The molecule has 29 heavy (non-hydrogen) atoms. The second-order valence-electron chi connectivity index (χ2n) is 6.93. The van der Waals surface area contributed by atoms with Gasteiger partial charge in [-0.2, -0.15) is 0 Å². The molecule has 2 N–H and O–H groups in total. The Morgan fingerprint density at radius 2 is 1.59 bits per heavy atom. The van der Waals surface area contributed by atoms with E-state index >= 15 is 0 Å². The molecule has 146 valence electrons. The summed E-state index contributed by atoms with van der Waals surface area (Å²) in [5.74, 6) is -1.43. The Balaban J connectivity index is 1.81. The lowest BCUT2D eigenvalue weighted by Crippen LogP contribution is -2.55. The Morgan fingerprint density at radius 3 is 2.24 bits per heavy atom. The van der Waals surface area contributed by atoms with Gasteiger partial charge in [-0.25, -0.2) is 14.1 Å². The van der Waals surface area contributed by atoms with Gasteiger partial charge in [0, 0.05) is 5.57 Å². The summed E-state index contributed by atoms with van der Waals surface area (Å²) in [5, 5.41) is 5.28. The smallest absolute Gasteiger partial charge is 0.332 e. The second-order valence-corrected chi connectivity index (χ2v) is 6.93. The van der Waals surface area contributed by atoms with Crippen LogP contribution < -0.4 is 10.6 Å². The minimum Gasteiger partial charge on any atom is -0.388 e. The van der Waals surface area contributed by atoms with Crippen molar-refractivity contribution in [3.63, 3.8) is 0 Å². The maximum Gasteiger partial charge on any atom is 0.332 e. The van der Waals surface area contributed by atoms with Gasteiger partial charge in [-0.15, -0.1) is 0 Å². The van der Waals surface area contributed by atoms with Gasteiger partial charge in [-0.05, 0) is 48.0 Å². The number of nitrogens with zero attached hydrogens (tertiary/aromatic N) is 1. The van der Waals surface area contributed by atoms with Crippen molar-refractivity contribution in [1.82, 2.24) is 15.5 Å². The second kappa shape index (κ2) is 7.01. The number of halogens is 1. The van der Waals surface area contributed by atoms with Gasteiger partial charge < -0.3 is 5.32 Å². The summed E-state index contributed by atoms with van der Waals surface area (Å²) in [6.45, 7) is 1.63. The maximum absolute atomic E-state index is 13.2. The lowest BCUT2D eigenvalue weighted by Gasteiger charge is -2.34. The highest BCUT2D eigenvalue weighted by atomic mass is 19.1. The monoisotopic (exact) mass is 391 g/mol. The van der Waals surface area contributed by atoms with Crippen LogP contribution in [-0.4, -0.2) is 29.3 Å². The lowest BCUT2D eigenvalue weighted by atomic mass is 9.86. The van der Waals surface area contributed by atoms with Crippen LogP contribution in [0.2, 0.25) is 0 Å². The van der Waals surface area contributed by atoms with Gasteiger partial charge in [0.25, 0.3) is 11.8 Å². The molecule has 7 heteroatoms. The average molecular weight is 391 g/mol. The molecule has 0 spiro atoms. The highest BCUT2D eigenvalue weighted by Gasteiger charge is 2.57. The van der Waals surface area contributed by atoms with E-state index in [1.165, 1.54) is 12.1 Å². The molecule has 1 fully saturated rings. The zero-order valence-corrected chi connectivity index (χ0v) is 15.6. The summed E-state index contributed by atoms with van der Waals surface area (Å²) in [6, 6.07) is 12.3. The van der Waals surface area contributed by atoms with Gasteiger partial charge in [0.05, 0.1) is 6.54 Å². The molecule has 0 aliphatic carbocycles. The third kappa shape index (κ3) is 3.00. The van der Waals surface area contributed by atoms with Gasteiger partial charge in [0.1, 0.15) is 5.82 Å². The molecule has 0 bridgehead atoms. The van der Waals surface area contributed by atoms with Crippen molar-refractivity contribution in [3.05, 3.63) is 83.8 Å². The van der Waals surface area contributed by atoms with E-state index in [0.29, 0.717) is 11.1 Å². The number of urea groups is 1. The first kappa shape index (κ1) is 18.6. The highest BCUT2D eigenvalue weighted by Crippen LogP contribution is 2.35. The average Bonchev–Trinajstić information content (AvgIpc) is 3.00. The number of carbonyl (C=O) groups is 3. The minimum absolute atomic E-state index is 0.0316. The molecular formula is C22H18FN3O3. The number of rotatable bonds is 2. The Morgan fingerprint density at radius 1 is 0.966 bits per heavy atom. The number of carbonyl (C=O) groups excluding carboxylic acids is 3. The highest BCUT2D eigenvalue weighted by molar-refractivity contribution is 6.17. The van der Waals surface area contributed by atoms with Crippen LogP contribution in [-0.2, 0) is 15.1 Å². The first-order chi connectivity index (χ1) is 13.9. The molecule has 4 rings (SSSR count). The predicted molar refractivity (Wildman–Crippen MR) is 105 cm³/mol. The number of nitrogens with one attached hydrogen (secondary N) is 2. The van der Waals surface area contributed by atoms with E-state index in [1.807, 2.05) is 0 Å². The summed E-state index contributed by atoms with van der Waals surface area (Å²) in [4.78, 5) is 39.3. The van der Waals surface area contributed by atoms with E-state index in [1.54, 1.807) is 61.7 Å². The Kier molecular flexibility index (Phi) is 4.50. The van der Waals surface area contributed by atoms with E-state index in [9.17, 15) is 18.8 Å². The molecule has 0 radical (unpaired) electrons. The SMILES string of the molecule is C/C1=C/C=C\NCC2(c3ccc(-c4ccc(F)cc4)cc3)C(=O)NC(=O)N2C1=O. The largest absolute Gasteiger partial charge is 0.388 e. The zero-order chi connectivity index (χ0) is 20.6. The Labute approximate surface area is 166 Å². The molecule has 2 aromatic carbocycles. The van der Waals surface area contributed by atoms with Gasteiger partial charge in [-0.1, -0.05) is 42.5 Å². The topological polar surface area (TPSA) is 78.5 Å². The molecular weight excluding hydrogens is 373 g/mol. The van der Waals surface area contributed by atoms with Crippen LogP contribution in [0.15, 0.2) is 72.5 Å². The van der Waals surface area contributed by atoms with E-state index < -0.39 is 23.4 Å². The summed E-state index contributed by atoms with van der Waals surface area (Å²) < 4.78 is 13.2. The van der Waals surface area contributed by atoms with E-state index in [-0.39, 0.29) is 12.4 Å². The number of hydrogen-bond acceptors (Lipinski definition) is 4. The maximum atomic E-state index is 13.2. The molecule has 1 atom stereocenters. The van der Waals surface area contributed by atoms with E-state index in [0.717, 1.165) is 16.0 Å². The molecule has 6 nitrogen and oxygen atoms in total. The predicted octanol–water partition coefficient (Wildman–Crippen LogP) is 2.83. The van der Waals surface area contributed by atoms with Gasteiger partial charge in [0.15, 0.2) is 5.54 Å². The molecule has 1 saturated heterocycles. The van der Waals surface area contributed by atoms with Crippen molar-refractivity contribution in [2.45, 2.75) is 12.5 Å². The summed E-state index contributed by atoms with van der Waals surface area (Å²) >= 11 is 0. The van der Waals surface area contributed by atoms with Crippen LogP contribution in [0, 0.1) is 5.82 Å². The molecule has 2 aliphatic heterocycles. The van der Waals surface area contributed by atoms with Gasteiger partial charge >= 0.3 is 6.03 Å². The molecule has 0 saturated carbocycles. The van der Waals surface area contributed by atoms with Crippen LogP contribution >= 0.6 is 0 Å². The van der Waals surface area contributed by atoms with Gasteiger partial charge in [-0.3, -0.25) is 14.9 Å². The Bertz CT molecular complexity index is 1060. The quantitative estimate of drug-likeness (QED) is 0.772. The Hall–Kier alpha value is -3.74. The van der Waals surface area contributed by atoms with Crippen molar-refractivity contribution in [2.24, 2.45) is 0 Å². The standard InChI is InChI=1S/C22H18FN3O3/c1-14-3-2-12-24-13-22(20(28)25-21(29)26(22)19(14)27)17-8-4-15(5-9-17)16-6-10-18(23)11-7-16/h2-12,24H,13H2,1H3,(H,25,28,29)/b12-2-,14-3-. The summed E-state index contributed by atoms with van der Waals surface area (Å²) in [5.41, 5.74) is 0.946. The van der Waals surface area contributed by atoms with Crippen LogP contribution in [0.1, 0.15) is 12.5 Å². The van der Waals surface area contributed by atoms with Gasteiger partial charge in [0.2, 0.25) is 0 Å². The number of allylic oxidation sites excluding steroid dienone is 2. The fourth-order valence-corrected chi connectivity index (χ4v) is 3.61. The molecule has 1 unspecified atom stereocenters. The van der Waals surface area contributed by atoms with Crippen molar-refractivity contribution < 1.29 is 18.8 Å². The number of benzene rings is 2. The van der Waals surface area contributed by atoms with Crippen LogP contribution in [0.5, 0.6) is 0 Å². The van der Waals surface area contributed by atoms with Crippen molar-refractivity contribution in [2.75, 3.05) is 6.54 Å². The summed E-state index contributed by atoms with van der Waals surface area (Å²) in [7, 11) is 0. The van der Waals surface area contributed by atoms with Crippen molar-refractivity contribution in [1.29, 1.82) is 0 Å². The van der Waals surface area contributed by atoms with Crippen LogP contribution in [0.25, 0.3) is 11.1 Å². The van der Waals surface area contributed by atoms with E-state index in [4.69, 9.17) is 0 Å². The molecule has 4 amide bonds. The fourth-order valence-electron chi connectivity index (χ4n) is 3.61. The van der Waals surface area contributed by atoms with Crippen LogP contribution in [0.3, 0.4) is 0 Å². The first-order valence-electron chi connectivity index (χ1n) is 9.07. The third-order valence-corrected chi connectivity index (χ3v) is 5.18. The first-order valence-corrected chi connectivity index (χ1v) is 9.07. The number of imide groups is 2. The molecule has 2 aliphatic rings. The molecule has 0 aromatic heterocycles. The van der Waals surface area contributed by atoms with E-state index in [2.05, 4.69) is 10.6 Å². The normalized spacial score (nSPS) is 24.4. The van der Waals surface area contributed by atoms with Crippen molar-refractivity contribution >= 4 is 17.8 Å².